The van der Waals surface area contributed by atoms with Crippen molar-refractivity contribution in [3.8, 4) is 5.75 Å². The number of hydrogen-bond donors (Lipinski definition) is 1. The Morgan fingerprint density at radius 1 is 1.10 bits per heavy atom. The van der Waals surface area contributed by atoms with Crippen molar-refractivity contribution in [2.24, 2.45) is 5.92 Å². The quantitative estimate of drug-likeness (QED) is 0.720. The molecule has 7 heteroatoms. The van der Waals surface area contributed by atoms with Gasteiger partial charge in [0.2, 0.25) is 5.91 Å². The Kier molecular flexibility index (Phi) is 7.52. The van der Waals surface area contributed by atoms with Gasteiger partial charge in [0.15, 0.2) is 0 Å². The highest BCUT2D eigenvalue weighted by Crippen LogP contribution is 2.15. The van der Waals surface area contributed by atoms with Crippen LogP contribution in [-0.2, 0) is 11.3 Å². The first kappa shape index (κ1) is 21.9. The van der Waals surface area contributed by atoms with Crippen LogP contribution in [0, 0.1) is 5.92 Å². The predicted molar refractivity (Wildman–Crippen MR) is 114 cm³/mol. The van der Waals surface area contributed by atoms with Crippen molar-refractivity contribution >= 4 is 11.8 Å². The molecule has 30 heavy (non-hydrogen) atoms. The average Bonchev–Trinajstić information content (AvgIpc) is 3.25. The average molecular weight is 414 g/mol. The molecule has 0 spiro atoms. The SMILES string of the molecule is CCOc1ccc(C(=O)N[C@@H](C(=O)N2CCN(Cc3ccco3)CC2)C(C)C)cc1. The number of ether oxygens (including phenoxy) is 1. The third-order valence-electron chi connectivity index (χ3n) is 5.29. The smallest absolute Gasteiger partial charge is 0.251 e. The summed E-state index contributed by atoms with van der Waals surface area (Å²) in [4.78, 5) is 29.9. The summed E-state index contributed by atoms with van der Waals surface area (Å²) in [5.41, 5.74) is 0.514. The van der Waals surface area contributed by atoms with Crippen LogP contribution in [0.15, 0.2) is 47.1 Å². The van der Waals surface area contributed by atoms with Gasteiger partial charge in [-0.2, -0.15) is 0 Å². The van der Waals surface area contributed by atoms with Gasteiger partial charge in [-0.25, -0.2) is 0 Å². The lowest BCUT2D eigenvalue weighted by Gasteiger charge is -2.37. The molecule has 1 saturated heterocycles. The van der Waals surface area contributed by atoms with Crippen LogP contribution in [0.2, 0.25) is 0 Å². The summed E-state index contributed by atoms with van der Waals surface area (Å²) in [6, 6.07) is 10.3. The summed E-state index contributed by atoms with van der Waals surface area (Å²) < 4.78 is 10.8. The second kappa shape index (κ2) is 10.3. The molecule has 1 atom stereocenters. The predicted octanol–water partition coefficient (Wildman–Crippen LogP) is 2.78. The van der Waals surface area contributed by atoms with E-state index >= 15 is 0 Å². The molecule has 162 valence electrons. The standard InChI is InChI=1S/C23H31N3O4/c1-4-29-19-9-7-18(8-10-19)22(27)24-21(17(2)3)23(28)26-13-11-25(12-14-26)16-20-6-5-15-30-20/h5-10,15,17,21H,4,11-14,16H2,1-3H3,(H,24,27)/t21-/m1/s1. The molecule has 1 aromatic heterocycles. The van der Waals surface area contributed by atoms with Crippen LogP contribution in [0.5, 0.6) is 5.75 Å². The Morgan fingerprint density at radius 3 is 2.37 bits per heavy atom. The van der Waals surface area contributed by atoms with Crippen molar-refractivity contribution in [1.82, 2.24) is 15.1 Å². The number of carbonyl (C=O) groups is 2. The molecule has 2 heterocycles. The number of carbonyl (C=O) groups excluding carboxylic acids is 2. The van der Waals surface area contributed by atoms with Crippen LogP contribution in [0.3, 0.4) is 0 Å². The minimum atomic E-state index is -0.555. The number of nitrogens with zero attached hydrogens (tertiary/aromatic N) is 2. The fourth-order valence-corrected chi connectivity index (χ4v) is 3.55. The summed E-state index contributed by atoms with van der Waals surface area (Å²) in [6.45, 7) is 9.98. The Labute approximate surface area is 178 Å². The largest absolute Gasteiger partial charge is 0.494 e. The van der Waals surface area contributed by atoms with Crippen molar-refractivity contribution in [2.45, 2.75) is 33.4 Å². The molecule has 1 aliphatic rings. The first-order chi connectivity index (χ1) is 14.5. The fraction of sp³-hybridized carbons (Fsp3) is 0.478. The summed E-state index contributed by atoms with van der Waals surface area (Å²) in [5, 5.41) is 2.93. The number of furan rings is 1. The van der Waals surface area contributed by atoms with Gasteiger partial charge in [-0.1, -0.05) is 13.8 Å². The maximum Gasteiger partial charge on any atom is 0.251 e. The highest BCUT2D eigenvalue weighted by atomic mass is 16.5. The molecule has 1 aromatic carbocycles. The minimum absolute atomic E-state index is 0.00898. The molecule has 3 rings (SSSR count). The van der Waals surface area contributed by atoms with E-state index in [9.17, 15) is 9.59 Å². The number of amides is 2. The molecule has 0 radical (unpaired) electrons. The van der Waals surface area contributed by atoms with Gasteiger partial charge in [-0.3, -0.25) is 14.5 Å². The van der Waals surface area contributed by atoms with Gasteiger partial charge in [0.1, 0.15) is 17.6 Å². The van der Waals surface area contributed by atoms with Crippen molar-refractivity contribution in [2.75, 3.05) is 32.8 Å². The minimum Gasteiger partial charge on any atom is -0.494 e. The third kappa shape index (κ3) is 5.63. The van der Waals surface area contributed by atoms with E-state index in [1.807, 2.05) is 37.8 Å². The highest BCUT2D eigenvalue weighted by molar-refractivity contribution is 5.97. The molecule has 7 nitrogen and oxygen atoms in total. The molecular formula is C23H31N3O4. The van der Waals surface area contributed by atoms with Crippen LogP contribution in [0.25, 0.3) is 0 Å². The van der Waals surface area contributed by atoms with E-state index in [0.29, 0.717) is 25.3 Å². The van der Waals surface area contributed by atoms with Gasteiger partial charge in [0, 0.05) is 31.7 Å². The molecular weight excluding hydrogens is 382 g/mol. The van der Waals surface area contributed by atoms with Crippen LogP contribution >= 0.6 is 0 Å². The summed E-state index contributed by atoms with van der Waals surface area (Å²) in [6.07, 6.45) is 1.68. The van der Waals surface area contributed by atoms with Crippen LogP contribution in [0.1, 0.15) is 36.9 Å². The van der Waals surface area contributed by atoms with Crippen molar-refractivity contribution in [1.29, 1.82) is 0 Å². The van der Waals surface area contributed by atoms with Gasteiger partial charge in [-0.15, -0.1) is 0 Å². The van der Waals surface area contributed by atoms with Crippen molar-refractivity contribution in [3.05, 3.63) is 54.0 Å². The van der Waals surface area contributed by atoms with Gasteiger partial charge in [-0.05, 0) is 49.2 Å². The lowest BCUT2D eigenvalue weighted by Crippen LogP contribution is -2.56. The zero-order valence-electron chi connectivity index (χ0n) is 18.0. The second-order valence-corrected chi connectivity index (χ2v) is 7.83. The topological polar surface area (TPSA) is 75.0 Å². The van der Waals surface area contributed by atoms with E-state index in [0.717, 1.165) is 31.1 Å². The number of nitrogens with one attached hydrogen (secondary N) is 1. The van der Waals surface area contributed by atoms with Crippen molar-refractivity contribution in [3.63, 3.8) is 0 Å². The first-order valence-corrected chi connectivity index (χ1v) is 10.5. The van der Waals surface area contributed by atoms with Gasteiger partial charge in [0.25, 0.3) is 5.91 Å². The van der Waals surface area contributed by atoms with Crippen LogP contribution in [0.4, 0.5) is 0 Å². The zero-order valence-corrected chi connectivity index (χ0v) is 18.0. The summed E-state index contributed by atoms with van der Waals surface area (Å²) in [7, 11) is 0. The Balaban J connectivity index is 1.56. The normalized spacial score (nSPS) is 15.8. The van der Waals surface area contributed by atoms with E-state index in [-0.39, 0.29) is 17.7 Å². The van der Waals surface area contributed by atoms with E-state index in [1.165, 1.54) is 0 Å². The van der Waals surface area contributed by atoms with Crippen LogP contribution in [-0.4, -0.2) is 60.4 Å². The first-order valence-electron chi connectivity index (χ1n) is 10.5. The van der Waals surface area contributed by atoms with E-state index in [1.54, 1.807) is 30.5 Å². The Bertz CT molecular complexity index is 809. The number of piperazine rings is 1. The van der Waals surface area contributed by atoms with Gasteiger partial charge < -0.3 is 19.4 Å². The molecule has 1 aliphatic heterocycles. The summed E-state index contributed by atoms with van der Waals surface area (Å²) >= 11 is 0. The van der Waals surface area contributed by atoms with E-state index in [2.05, 4.69) is 10.2 Å². The van der Waals surface area contributed by atoms with Crippen molar-refractivity contribution < 1.29 is 18.7 Å². The molecule has 0 saturated carbocycles. The molecule has 1 fully saturated rings. The number of rotatable bonds is 8. The second-order valence-electron chi connectivity index (χ2n) is 7.83. The maximum atomic E-state index is 13.1. The molecule has 0 unspecified atom stereocenters. The molecule has 2 amide bonds. The van der Waals surface area contributed by atoms with E-state index in [4.69, 9.17) is 9.15 Å². The molecule has 1 N–H and O–H groups in total. The molecule has 2 aromatic rings. The fourth-order valence-electron chi connectivity index (χ4n) is 3.55. The molecule has 0 aliphatic carbocycles. The lowest BCUT2D eigenvalue weighted by molar-refractivity contribution is -0.136. The maximum absolute atomic E-state index is 13.1. The Hall–Kier alpha value is -2.80. The highest BCUT2D eigenvalue weighted by Gasteiger charge is 2.31. The zero-order chi connectivity index (χ0) is 21.5. The third-order valence-corrected chi connectivity index (χ3v) is 5.29. The number of hydrogen-bond acceptors (Lipinski definition) is 5. The van der Waals surface area contributed by atoms with Gasteiger partial charge >= 0.3 is 0 Å². The molecule has 0 bridgehead atoms. The monoisotopic (exact) mass is 413 g/mol. The lowest BCUT2D eigenvalue weighted by atomic mass is 10.0. The Morgan fingerprint density at radius 2 is 1.80 bits per heavy atom. The number of benzene rings is 1. The van der Waals surface area contributed by atoms with Crippen LogP contribution < -0.4 is 10.1 Å². The van der Waals surface area contributed by atoms with E-state index < -0.39 is 6.04 Å². The summed E-state index contributed by atoms with van der Waals surface area (Å²) in [5.74, 6) is 1.36. The van der Waals surface area contributed by atoms with Gasteiger partial charge in [0.05, 0.1) is 19.4 Å².